The van der Waals surface area contributed by atoms with Gasteiger partial charge in [-0.05, 0) is 26.3 Å². The summed E-state index contributed by atoms with van der Waals surface area (Å²) in [7, 11) is 0. The number of esters is 1. The number of carbonyl (C=O) groups is 1. The van der Waals surface area contributed by atoms with Crippen molar-refractivity contribution >= 4 is 5.97 Å². The van der Waals surface area contributed by atoms with E-state index in [1.54, 1.807) is 11.6 Å². The molecule has 0 aliphatic rings. The fourth-order valence-corrected chi connectivity index (χ4v) is 1.19. The number of nitrogens with zero attached hydrogens (tertiary/aromatic N) is 3. The minimum absolute atomic E-state index is 0.354. The van der Waals surface area contributed by atoms with Crippen LogP contribution in [0.1, 0.15) is 30.3 Å². The molecule has 1 aromatic heterocycles. The number of carbonyl (C=O) groups excluding carboxylic acids is 1. The van der Waals surface area contributed by atoms with E-state index >= 15 is 0 Å². The molecule has 0 atom stereocenters. The first-order valence-electron chi connectivity index (χ1n) is 5.05. The van der Waals surface area contributed by atoms with Gasteiger partial charge < -0.3 is 10.5 Å². The van der Waals surface area contributed by atoms with Gasteiger partial charge in [0.25, 0.3) is 0 Å². The van der Waals surface area contributed by atoms with Crippen LogP contribution in [0.5, 0.6) is 0 Å². The summed E-state index contributed by atoms with van der Waals surface area (Å²) in [6, 6.07) is 0. The van der Waals surface area contributed by atoms with Crippen LogP contribution in [-0.2, 0) is 11.3 Å². The van der Waals surface area contributed by atoms with Crippen LogP contribution in [0.3, 0.4) is 0 Å². The second-order valence-corrected chi connectivity index (χ2v) is 3.06. The predicted octanol–water partition coefficient (Wildman–Crippen LogP) is 0.194. The number of aromatic nitrogens is 3. The summed E-state index contributed by atoms with van der Waals surface area (Å²) in [6.07, 6.45) is 3.20. The van der Waals surface area contributed by atoms with E-state index in [2.05, 4.69) is 10.3 Å². The maximum absolute atomic E-state index is 11.4. The van der Waals surface area contributed by atoms with Crippen molar-refractivity contribution in [2.45, 2.75) is 26.3 Å². The maximum Gasteiger partial charge on any atom is 0.358 e. The Balaban J connectivity index is 2.56. The van der Waals surface area contributed by atoms with E-state index in [1.165, 1.54) is 6.20 Å². The highest BCUT2D eigenvalue weighted by molar-refractivity contribution is 5.87. The topological polar surface area (TPSA) is 83.0 Å². The molecule has 84 valence electrons. The monoisotopic (exact) mass is 212 g/mol. The van der Waals surface area contributed by atoms with E-state index in [0.29, 0.717) is 25.4 Å². The molecule has 15 heavy (non-hydrogen) atoms. The van der Waals surface area contributed by atoms with Crippen molar-refractivity contribution in [1.29, 1.82) is 0 Å². The fourth-order valence-electron chi connectivity index (χ4n) is 1.19. The third-order valence-corrected chi connectivity index (χ3v) is 1.93. The summed E-state index contributed by atoms with van der Waals surface area (Å²) in [6.45, 7) is 3.40. The van der Waals surface area contributed by atoms with Crippen LogP contribution in [0.4, 0.5) is 0 Å². The highest BCUT2D eigenvalue weighted by Crippen LogP contribution is 2.01. The van der Waals surface area contributed by atoms with Crippen molar-refractivity contribution in [3.63, 3.8) is 0 Å². The van der Waals surface area contributed by atoms with Gasteiger partial charge in [0.2, 0.25) is 0 Å². The van der Waals surface area contributed by atoms with E-state index < -0.39 is 0 Å². The van der Waals surface area contributed by atoms with Gasteiger partial charge in [0.1, 0.15) is 0 Å². The molecule has 1 heterocycles. The largest absolute Gasteiger partial charge is 0.461 e. The van der Waals surface area contributed by atoms with Crippen molar-refractivity contribution in [3.8, 4) is 0 Å². The van der Waals surface area contributed by atoms with Gasteiger partial charge in [0, 0.05) is 6.54 Å². The summed E-state index contributed by atoms with van der Waals surface area (Å²) >= 11 is 0. The Kier molecular flexibility index (Phi) is 4.76. The van der Waals surface area contributed by atoms with Crippen LogP contribution in [0.25, 0.3) is 0 Å². The van der Waals surface area contributed by atoms with Gasteiger partial charge in [-0.1, -0.05) is 5.21 Å². The number of hydrogen-bond donors (Lipinski definition) is 1. The number of nitrogens with two attached hydrogens (primary N) is 1. The van der Waals surface area contributed by atoms with Gasteiger partial charge >= 0.3 is 5.97 Å². The molecular formula is C9H16N4O2. The Bertz CT molecular complexity index is 311. The summed E-state index contributed by atoms with van der Waals surface area (Å²) in [5, 5.41) is 7.50. The van der Waals surface area contributed by atoms with Gasteiger partial charge in [-0.3, -0.25) is 0 Å². The number of aryl methyl sites for hydroxylation is 1. The number of ether oxygens (including phenoxy) is 1. The first-order valence-corrected chi connectivity index (χ1v) is 5.05. The third kappa shape index (κ3) is 3.32. The SMILES string of the molecule is CCOC(=O)c1cnnn1CCCCN. The molecule has 2 N–H and O–H groups in total. The molecule has 0 amide bonds. The Labute approximate surface area is 88.4 Å². The van der Waals surface area contributed by atoms with Gasteiger partial charge in [0.15, 0.2) is 5.69 Å². The zero-order valence-corrected chi connectivity index (χ0v) is 8.85. The van der Waals surface area contributed by atoms with Crippen molar-refractivity contribution in [3.05, 3.63) is 11.9 Å². The van der Waals surface area contributed by atoms with E-state index in [4.69, 9.17) is 10.5 Å². The zero-order valence-electron chi connectivity index (χ0n) is 8.85. The molecule has 1 rings (SSSR count). The van der Waals surface area contributed by atoms with Crippen molar-refractivity contribution in [1.82, 2.24) is 15.0 Å². The number of unbranched alkanes of at least 4 members (excludes halogenated alkanes) is 1. The molecule has 0 aromatic carbocycles. The average molecular weight is 212 g/mol. The average Bonchev–Trinajstić information content (AvgIpc) is 2.67. The minimum atomic E-state index is -0.379. The second-order valence-electron chi connectivity index (χ2n) is 3.06. The number of hydrogen-bond acceptors (Lipinski definition) is 5. The van der Waals surface area contributed by atoms with Crippen molar-refractivity contribution in [2.75, 3.05) is 13.2 Å². The van der Waals surface area contributed by atoms with Crippen molar-refractivity contribution < 1.29 is 9.53 Å². The molecule has 0 radical (unpaired) electrons. The molecule has 0 spiro atoms. The molecule has 6 nitrogen and oxygen atoms in total. The molecule has 1 aromatic rings. The van der Waals surface area contributed by atoms with Gasteiger partial charge in [-0.15, -0.1) is 5.10 Å². The highest BCUT2D eigenvalue weighted by Gasteiger charge is 2.13. The Hall–Kier alpha value is -1.43. The van der Waals surface area contributed by atoms with Crippen LogP contribution in [0.2, 0.25) is 0 Å². The summed E-state index contributed by atoms with van der Waals surface area (Å²) in [5.41, 5.74) is 5.77. The van der Waals surface area contributed by atoms with Crippen LogP contribution < -0.4 is 5.73 Å². The third-order valence-electron chi connectivity index (χ3n) is 1.93. The Morgan fingerprint density at radius 2 is 2.40 bits per heavy atom. The van der Waals surface area contributed by atoms with Crippen LogP contribution >= 0.6 is 0 Å². The summed E-state index contributed by atoms with van der Waals surface area (Å²) < 4.78 is 6.42. The van der Waals surface area contributed by atoms with Gasteiger partial charge in [-0.2, -0.15) is 0 Å². The minimum Gasteiger partial charge on any atom is -0.461 e. The summed E-state index contributed by atoms with van der Waals surface area (Å²) in [5.74, 6) is -0.379. The quantitative estimate of drug-likeness (QED) is 0.537. The molecule has 0 aliphatic carbocycles. The molecule has 0 saturated carbocycles. The van der Waals surface area contributed by atoms with E-state index in [1.807, 2.05) is 0 Å². The standard InChI is InChI=1S/C9H16N4O2/c1-2-15-9(14)8-7-11-12-13(8)6-4-3-5-10/h7H,2-6,10H2,1H3. The smallest absolute Gasteiger partial charge is 0.358 e. The molecule has 0 bridgehead atoms. The summed E-state index contributed by atoms with van der Waals surface area (Å²) in [4.78, 5) is 11.4. The molecule has 0 saturated heterocycles. The molecule has 6 heteroatoms. The van der Waals surface area contributed by atoms with Crippen LogP contribution in [0.15, 0.2) is 6.20 Å². The first-order chi connectivity index (χ1) is 7.29. The Morgan fingerprint density at radius 1 is 1.60 bits per heavy atom. The highest BCUT2D eigenvalue weighted by atomic mass is 16.5. The van der Waals surface area contributed by atoms with E-state index in [0.717, 1.165) is 12.8 Å². The molecular weight excluding hydrogens is 196 g/mol. The zero-order chi connectivity index (χ0) is 11.1. The van der Waals surface area contributed by atoms with Crippen molar-refractivity contribution in [2.24, 2.45) is 5.73 Å². The second kappa shape index (κ2) is 6.13. The van der Waals surface area contributed by atoms with Crippen LogP contribution in [-0.4, -0.2) is 34.1 Å². The molecule has 0 unspecified atom stereocenters. The first kappa shape index (κ1) is 11.6. The fraction of sp³-hybridized carbons (Fsp3) is 0.667. The van der Waals surface area contributed by atoms with E-state index in [9.17, 15) is 4.79 Å². The van der Waals surface area contributed by atoms with Gasteiger partial charge in [-0.25, -0.2) is 9.48 Å². The van der Waals surface area contributed by atoms with Crippen LogP contribution in [0, 0.1) is 0 Å². The van der Waals surface area contributed by atoms with E-state index in [-0.39, 0.29) is 5.97 Å². The lowest BCUT2D eigenvalue weighted by atomic mass is 10.3. The lowest BCUT2D eigenvalue weighted by molar-refractivity contribution is 0.0511. The van der Waals surface area contributed by atoms with Gasteiger partial charge in [0.05, 0.1) is 12.8 Å². The molecule has 0 fully saturated rings. The maximum atomic E-state index is 11.4. The molecule has 0 aliphatic heterocycles. The Morgan fingerprint density at radius 3 is 3.07 bits per heavy atom. The lowest BCUT2D eigenvalue weighted by Gasteiger charge is -2.04. The normalized spacial score (nSPS) is 10.3. The number of rotatable bonds is 6. The predicted molar refractivity (Wildman–Crippen MR) is 54.3 cm³/mol. The lowest BCUT2D eigenvalue weighted by Crippen LogP contribution is -2.14.